The average molecular weight is 149 g/mol. The zero-order valence-electron chi connectivity index (χ0n) is 5.88. The highest BCUT2D eigenvalue weighted by Crippen LogP contribution is 2.04. The number of aliphatic carboxylic acids is 1. The highest BCUT2D eigenvalue weighted by Gasteiger charge is 2.14. The number of alkyl halides is 1. The molecule has 0 fully saturated rings. The van der Waals surface area contributed by atoms with E-state index in [0.717, 1.165) is 0 Å². The zero-order chi connectivity index (χ0) is 8.15. The number of carbonyl (C=O) groups is 1. The minimum absolute atomic E-state index is 0.200. The monoisotopic (exact) mass is 149 g/mol. The van der Waals surface area contributed by atoms with Crippen molar-refractivity contribution in [1.29, 1.82) is 0 Å². The summed E-state index contributed by atoms with van der Waals surface area (Å²) in [7, 11) is 0. The number of nitrogens with two attached hydrogens (primary N) is 1. The van der Waals surface area contributed by atoms with Crippen LogP contribution in [0.15, 0.2) is 0 Å². The maximum absolute atomic E-state index is 11.8. The molecule has 0 amide bonds. The van der Waals surface area contributed by atoms with E-state index in [9.17, 15) is 9.18 Å². The Kier molecular flexibility index (Phi) is 3.95. The molecule has 60 valence electrons. The average Bonchev–Trinajstić information content (AvgIpc) is 1.87. The molecule has 10 heavy (non-hydrogen) atoms. The molecule has 0 heterocycles. The Bertz CT molecular complexity index is 118. The molecule has 0 aliphatic heterocycles. The van der Waals surface area contributed by atoms with Crippen LogP contribution in [0.2, 0.25) is 0 Å². The van der Waals surface area contributed by atoms with E-state index in [1.54, 1.807) is 6.92 Å². The van der Waals surface area contributed by atoms with Gasteiger partial charge in [-0.25, -0.2) is 0 Å². The molecular weight excluding hydrogens is 137 g/mol. The molecule has 3 N–H and O–H groups in total. The molecule has 0 rings (SSSR count). The van der Waals surface area contributed by atoms with E-state index in [4.69, 9.17) is 10.8 Å². The van der Waals surface area contributed by atoms with Gasteiger partial charge in [0.05, 0.1) is 6.67 Å². The molecule has 0 aromatic heterocycles. The van der Waals surface area contributed by atoms with Crippen LogP contribution in [0.4, 0.5) is 4.39 Å². The lowest BCUT2D eigenvalue weighted by atomic mass is 10.0. The minimum Gasteiger partial charge on any atom is -0.480 e. The molecule has 0 aliphatic rings. The fourth-order valence-electron chi connectivity index (χ4n) is 0.597. The third-order valence-corrected chi connectivity index (χ3v) is 1.24. The summed E-state index contributed by atoms with van der Waals surface area (Å²) in [6, 6.07) is -0.925. The molecule has 0 spiro atoms. The van der Waals surface area contributed by atoms with Crippen molar-refractivity contribution in [2.75, 3.05) is 6.67 Å². The Labute approximate surface area is 59.0 Å². The van der Waals surface area contributed by atoms with Gasteiger partial charge < -0.3 is 10.8 Å². The van der Waals surface area contributed by atoms with Crippen LogP contribution >= 0.6 is 0 Å². The number of hydrogen-bond acceptors (Lipinski definition) is 2. The first-order chi connectivity index (χ1) is 4.57. The normalized spacial score (nSPS) is 16.3. The number of halogens is 1. The van der Waals surface area contributed by atoms with Crippen molar-refractivity contribution in [2.45, 2.75) is 19.4 Å². The molecule has 3 nitrogen and oxygen atoms in total. The highest BCUT2D eigenvalue weighted by molar-refractivity contribution is 5.72. The van der Waals surface area contributed by atoms with E-state index < -0.39 is 18.7 Å². The van der Waals surface area contributed by atoms with Crippen LogP contribution in [0.5, 0.6) is 0 Å². The van der Waals surface area contributed by atoms with Gasteiger partial charge in [-0.2, -0.15) is 0 Å². The van der Waals surface area contributed by atoms with Gasteiger partial charge in [0, 0.05) is 0 Å². The fourth-order valence-corrected chi connectivity index (χ4v) is 0.597. The Hall–Kier alpha value is -0.640. The topological polar surface area (TPSA) is 63.3 Å². The van der Waals surface area contributed by atoms with Crippen molar-refractivity contribution < 1.29 is 14.3 Å². The van der Waals surface area contributed by atoms with Gasteiger partial charge in [-0.15, -0.1) is 0 Å². The van der Waals surface area contributed by atoms with Crippen molar-refractivity contribution in [1.82, 2.24) is 0 Å². The molecular formula is C6H12FNO2. The molecule has 0 bridgehead atoms. The molecule has 0 saturated heterocycles. The van der Waals surface area contributed by atoms with E-state index in [-0.39, 0.29) is 12.3 Å². The van der Waals surface area contributed by atoms with Gasteiger partial charge in [0.25, 0.3) is 0 Å². The molecule has 0 aromatic rings. The summed E-state index contributed by atoms with van der Waals surface area (Å²) in [5.41, 5.74) is 5.13. The number of rotatable bonds is 4. The summed E-state index contributed by atoms with van der Waals surface area (Å²) >= 11 is 0. The summed E-state index contributed by atoms with van der Waals surface area (Å²) in [4.78, 5) is 10.1. The van der Waals surface area contributed by atoms with Gasteiger partial charge in [0.2, 0.25) is 0 Å². The summed E-state index contributed by atoms with van der Waals surface area (Å²) in [5, 5.41) is 8.28. The Morgan fingerprint density at radius 2 is 2.30 bits per heavy atom. The van der Waals surface area contributed by atoms with Crippen LogP contribution in [0.1, 0.15) is 13.3 Å². The minimum atomic E-state index is -1.07. The van der Waals surface area contributed by atoms with Gasteiger partial charge in [0.1, 0.15) is 6.04 Å². The van der Waals surface area contributed by atoms with E-state index in [1.165, 1.54) is 0 Å². The fraction of sp³-hybridized carbons (Fsp3) is 0.833. The SMILES string of the molecule is C[C@H](CF)CC(N)C(=O)O. The molecule has 0 aliphatic carbocycles. The third-order valence-electron chi connectivity index (χ3n) is 1.24. The first-order valence-electron chi connectivity index (χ1n) is 3.12. The predicted octanol–water partition coefficient (Wildman–Crippen LogP) is 0.394. The van der Waals surface area contributed by atoms with Crippen LogP contribution in [0.25, 0.3) is 0 Å². The zero-order valence-corrected chi connectivity index (χ0v) is 5.88. The van der Waals surface area contributed by atoms with E-state index in [2.05, 4.69) is 0 Å². The lowest BCUT2D eigenvalue weighted by Gasteiger charge is -2.09. The summed E-state index contributed by atoms with van der Waals surface area (Å²) in [5.74, 6) is -1.33. The lowest BCUT2D eigenvalue weighted by Crippen LogP contribution is -2.32. The number of hydrogen-bond donors (Lipinski definition) is 2. The molecule has 0 saturated carbocycles. The van der Waals surface area contributed by atoms with Crippen LogP contribution in [-0.2, 0) is 4.79 Å². The van der Waals surface area contributed by atoms with Crippen molar-refractivity contribution in [2.24, 2.45) is 11.7 Å². The summed E-state index contributed by atoms with van der Waals surface area (Å²) in [6.45, 7) is 1.11. The van der Waals surface area contributed by atoms with Gasteiger partial charge in [-0.3, -0.25) is 9.18 Å². The Morgan fingerprint density at radius 1 is 1.80 bits per heavy atom. The molecule has 0 radical (unpaired) electrons. The van der Waals surface area contributed by atoms with Crippen molar-refractivity contribution in [3.05, 3.63) is 0 Å². The molecule has 0 aromatic carbocycles. The quantitative estimate of drug-likeness (QED) is 0.608. The highest BCUT2D eigenvalue weighted by atomic mass is 19.1. The Balaban J connectivity index is 3.56. The van der Waals surface area contributed by atoms with Gasteiger partial charge in [-0.05, 0) is 12.3 Å². The molecule has 4 heteroatoms. The second kappa shape index (κ2) is 4.22. The smallest absolute Gasteiger partial charge is 0.320 e. The maximum Gasteiger partial charge on any atom is 0.320 e. The number of carboxylic acid groups (broad SMARTS) is 1. The van der Waals surface area contributed by atoms with E-state index in [0.29, 0.717) is 0 Å². The Morgan fingerprint density at radius 3 is 2.60 bits per heavy atom. The van der Waals surface area contributed by atoms with E-state index >= 15 is 0 Å². The van der Waals surface area contributed by atoms with Crippen LogP contribution in [-0.4, -0.2) is 23.8 Å². The maximum atomic E-state index is 11.8. The third kappa shape index (κ3) is 3.40. The largest absolute Gasteiger partial charge is 0.480 e. The lowest BCUT2D eigenvalue weighted by molar-refractivity contribution is -0.138. The van der Waals surface area contributed by atoms with Crippen molar-refractivity contribution in [3.8, 4) is 0 Å². The van der Waals surface area contributed by atoms with E-state index in [1.807, 2.05) is 0 Å². The van der Waals surface area contributed by atoms with Crippen molar-refractivity contribution >= 4 is 5.97 Å². The van der Waals surface area contributed by atoms with Gasteiger partial charge >= 0.3 is 5.97 Å². The van der Waals surface area contributed by atoms with Crippen molar-refractivity contribution in [3.63, 3.8) is 0 Å². The second-order valence-corrected chi connectivity index (χ2v) is 2.44. The van der Waals surface area contributed by atoms with Gasteiger partial charge in [-0.1, -0.05) is 6.92 Å². The van der Waals surface area contributed by atoms with Crippen LogP contribution in [0.3, 0.4) is 0 Å². The summed E-state index contributed by atoms with van der Waals surface area (Å²) in [6.07, 6.45) is 0.200. The predicted molar refractivity (Wildman–Crippen MR) is 35.4 cm³/mol. The second-order valence-electron chi connectivity index (χ2n) is 2.44. The van der Waals surface area contributed by atoms with Crippen LogP contribution < -0.4 is 5.73 Å². The summed E-state index contributed by atoms with van der Waals surface area (Å²) < 4.78 is 11.8. The standard InChI is InChI=1S/C6H12FNO2/c1-4(3-7)2-5(8)6(9)10/h4-5H,2-3,8H2,1H3,(H,9,10)/t4-,5?/m0/s1. The van der Waals surface area contributed by atoms with Crippen LogP contribution in [0, 0.1) is 5.92 Å². The van der Waals surface area contributed by atoms with Gasteiger partial charge in [0.15, 0.2) is 0 Å². The first-order valence-corrected chi connectivity index (χ1v) is 3.12. The molecule has 1 unspecified atom stereocenters. The number of carboxylic acids is 1. The first kappa shape index (κ1) is 9.36. The molecule has 2 atom stereocenters.